The van der Waals surface area contributed by atoms with Crippen molar-refractivity contribution in [3.05, 3.63) is 83.9 Å². The molecular formula is C35H40F2N4O6. The van der Waals surface area contributed by atoms with Crippen molar-refractivity contribution in [2.75, 3.05) is 49.0 Å². The lowest BCUT2D eigenvalue weighted by atomic mass is 9.87. The Balaban J connectivity index is 1.45. The summed E-state index contributed by atoms with van der Waals surface area (Å²) in [5, 5.41) is 5.27. The van der Waals surface area contributed by atoms with Crippen LogP contribution in [0.2, 0.25) is 0 Å². The summed E-state index contributed by atoms with van der Waals surface area (Å²) in [6.07, 6.45) is 6.41. The molecule has 0 spiro atoms. The van der Waals surface area contributed by atoms with E-state index >= 15 is 0 Å². The number of carbonyl (C=O) groups excluding carboxylic acids is 4. The molecule has 4 amide bonds. The summed E-state index contributed by atoms with van der Waals surface area (Å²) in [6, 6.07) is 16.2. The van der Waals surface area contributed by atoms with E-state index in [0.717, 1.165) is 49.1 Å². The minimum atomic E-state index is -0.883. The summed E-state index contributed by atoms with van der Waals surface area (Å²) in [5.74, 6) is -2.60. The molecule has 0 heterocycles. The summed E-state index contributed by atoms with van der Waals surface area (Å²) in [7, 11) is 2.55. The van der Waals surface area contributed by atoms with Crippen LogP contribution in [0.4, 0.5) is 30.6 Å². The lowest BCUT2D eigenvalue weighted by molar-refractivity contribution is -0.139. The summed E-state index contributed by atoms with van der Waals surface area (Å²) >= 11 is 0. The van der Waals surface area contributed by atoms with Gasteiger partial charge in [-0.15, -0.1) is 0 Å². The van der Waals surface area contributed by atoms with Crippen LogP contribution in [0.15, 0.2) is 66.7 Å². The molecule has 1 aliphatic rings. The van der Waals surface area contributed by atoms with E-state index in [1.165, 1.54) is 31.5 Å². The van der Waals surface area contributed by atoms with Gasteiger partial charge in [0, 0.05) is 19.3 Å². The number of esters is 1. The van der Waals surface area contributed by atoms with Crippen molar-refractivity contribution in [1.82, 2.24) is 5.32 Å². The molecule has 1 saturated carbocycles. The third kappa shape index (κ3) is 9.99. The van der Waals surface area contributed by atoms with Gasteiger partial charge < -0.3 is 29.9 Å². The molecule has 1 fully saturated rings. The van der Waals surface area contributed by atoms with E-state index in [0.29, 0.717) is 29.4 Å². The van der Waals surface area contributed by atoms with Crippen molar-refractivity contribution < 1.29 is 37.4 Å². The van der Waals surface area contributed by atoms with Gasteiger partial charge in [0.1, 0.15) is 23.1 Å². The van der Waals surface area contributed by atoms with Crippen LogP contribution in [0.5, 0.6) is 5.75 Å². The zero-order chi connectivity index (χ0) is 33.8. The maximum absolute atomic E-state index is 14.3. The van der Waals surface area contributed by atoms with Gasteiger partial charge in [0.2, 0.25) is 5.91 Å². The fourth-order valence-electron chi connectivity index (χ4n) is 5.56. The number of benzene rings is 3. The average molecular weight is 651 g/mol. The van der Waals surface area contributed by atoms with Crippen LogP contribution in [0, 0.1) is 17.6 Å². The van der Waals surface area contributed by atoms with E-state index in [-0.39, 0.29) is 18.7 Å². The molecule has 2 N–H and O–H groups in total. The number of rotatable bonds is 13. The van der Waals surface area contributed by atoms with Gasteiger partial charge in [-0.1, -0.05) is 62.4 Å². The number of carbonyl (C=O) groups is 4. The Kier molecular flexibility index (Phi) is 12.7. The van der Waals surface area contributed by atoms with Crippen molar-refractivity contribution in [2.24, 2.45) is 5.92 Å². The first-order valence-corrected chi connectivity index (χ1v) is 15.6. The molecular weight excluding hydrogens is 610 g/mol. The highest BCUT2D eigenvalue weighted by Crippen LogP contribution is 2.32. The van der Waals surface area contributed by atoms with Gasteiger partial charge in [-0.2, -0.15) is 0 Å². The van der Waals surface area contributed by atoms with Gasteiger partial charge in [-0.25, -0.2) is 13.6 Å². The van der Waals surface area contributed by atoms with Gasteiger partial charge >= 0.3 is 12.0 Å². The molecule has 47 heavy (non-hydrogen) atoms. The van der Waals surface area contributed by atoms with Crippen LogP contribution < -0.4 is 25.2 Å². The number of ether oxygens (including phenoxy) is 2. The second-order valence-corrected chi connectivity index (χ2v) is 11.4. The predicted molar refractivity (Wildman–Crippen MR) is 174 cm³/mol. The number of para-hydroxylation sites is 3. The van der Waals surface area contributed by atoms with Gasteiger partial charge in [0.05, 0.1) is 25.8 Å². The highest BCUT2D eigenvalue weighted by atomic mass is 19.1. The predicted octanol–water partition coefficient (Wildman–Crippen LogP) is 5.85. The average Bonchev–Trinajstić information content (AvgIpc) is 3.07. The molecule has 0 unspecified atom stereocenters. The second-order valence-electron chi connectivity index (χ2n) is 11.4. The molecule has 12 heteroatoms. The van der Waals surface area contributed by atoms with Gasteiger partial charge in [0.15, 0.2) is 6.61 Å². The first-order valence-electron chi connectivity index (χ1n) is 15.6. The topological polar surface area (TPSA) is 117 Å². The first-order chi connectivity index (χ1) is 22.7. The van der Waals surface area contributed by atoms with Crippen LogP contribution in [0.25, 0.3) is 0 Å². The molecule has 1 aliphatic carbocycles. The number of hydrogen-bond donors (Lipinski definition) is 2. The summed E-state index contributed by atoms with van der Waals surface area (Å²) in [4.78, 5) is 53.3. The van der Waals surface area contributed by atoms with Crippen LogP contribution in [0.1, 0.15) is 44.1 Å². The molecule has 0 saturated heterocycles. The highest BCUT2D eigenvalue weighted by Gasteiger charge is 2.24. The third-order valence-electron chi connectivity index (χ3n) is 8.10. The molecule has 0 bridgehead atoms. The van der Waals surface area contributed by atoms with Crippen LogP contribution in [0.3, 0.4) is 0 Å². The van der Waals surface area contributed by atoms with Crippen LogP contribution in [-0.2, 0) is 25.5 Å². The molecule has 250 valence electrons. The zero-order valence-electron chi connectivity index (χ0n) is 26.6. The Morgan fingerprint density at radius 1 is 0.894 bits per heavy atom. The van der Waals surface area contributed by atoms with E-state index in [1.807, 2.05) is 0 Å². The number of urea groups is 1. The van der Waals surface area contributed by atoms with Crippen molar-refractivity contribution in [1.29, 1.82) is 0 Å². The van der Waals surface area contributed by atoms with Gasteiger partial charge in [0.25, 0.3) is 5.91 Å². The van der Waals surface area contributed by atoms with Crippen LogP contribution in [-0.4, -0.2) is 57.7 Å². The minimum absolute atomic E-state index is 0.0471. The van der Waals surface area contributed by atoms with Crippen molar-refractivity contribution in [2.45, 2.75) is 44.9 Å². The summed E-state index contributed by atoms with van der Waals surface area (Å²) < 4.78 is 39.1. The normalized spacial score (nSPS) is 12.9. The molecule has 10 nitrogen and oxygen atoms in total. The smallest absolute Gasteiger partial charge is 0.319 e. The number of nitrogens with one attached hydrogen (secondary N) is 2. The fraction of sp³-hybridized carbons (Fsp3) is 0.371. The lowest BCUT2D eigenvalue weighted by Gasteiger charge is -2.29. The largest absolute Gasteiger partial charge is 0.482 e. The number of halogens is 2. The number of methoxy groups -OCH3 is 1. The quantitative estimate of drug-likeness (QED) is 0.224. The standard InChI is InChI=1S/C35H40F2N4O6/c1-40(34-27(36)14-9-15-28(34)37)32(43)23-47-30-17-7-6-16-29(30)41(19-18-24-10-4-3-5-11-24)31(42)22-38-35(45)39-26-13-8-12-25(20-26)21-33(44)46-2/h6-9,12-17,20,24H,3-5,10-11,18-19,21-23H2,1-2H3,(H2,38,39,45). The van der Waals surface area contributed by atoms with E-state index < -0.39 is 47.7 Å². The molecule has 0 radical (unpaired) electrons. The highest BCUT2D eigenvalue weighted by molar-refractivity contribution is 5.99. The molecule has 0 atom stereocenters. The number of amides is 4. The Hall–Kier alpha value is -5.00. The van der Waals surface area contributed by atoms with Crippen molar-refractivity contribution in [3.8, 4) is 5.75 Å². The van der Waals surface area contributed by atoms with Crippen molar-refractivity contribution >= 4 is 40.9 Å². The molecule has 3 aromatic rings. The molecule has 0 aliphatic heterocycles. The number of likely N-dealkylation sites (N-methyl/N-ethyl adjacent to an activating group) is 1. The van der Waals surface area contributed by atoms with Gasteiger partial charge in [-0.3, -0.25) is 14.4 Å². The third-order valence-corrected chi connectivity index (χ3v) is 8.10. The summed E-state index contributed by atoms with van der Waals surface area (Å²) in [5.41, 5.74) is 1.01. The maximum atomic E-state index is 14.3. The maximum Gasteiger partial charge on any atom is 0.319 e. The number of nitrogens with zero attached hydrogens (tertiary/aromatic N) is 2. The lowest BCUT2D eigenvalue weighted by Crippen LogP contribution is -2.42. The number of anilines is 3. The van der Waals surface area contributed by atoms with E-state index in [2.05, 4.69) is 10.6 Å². The fourth-order valence-corrected chi connectivity index (χ4v) is 5.56. The molecule has 4 rings (SSSR count). The van der Waals surface area contributed by atoms with Crippen molar-refractivity contribution in [3.63, 3.8) is 0 Å². The first kappa shape index (κ1) is 34.9. The Morgan fingerprint density at radius 2 is 1.60 bits per heavy atom. The van der Waals surface area contributed by atoms with E-state index in [4.69, 9.17) is 9.47 Å². The Bertz CT molecular complexity index is 1540. The molecule has 0 aromatic heterocycles. The zero-order valence-corrected chi connectivity index (χ0v) is 26.6. The Labute approximate surface area is 273 Å². The number of hydrogen-bond acceptors (Lipinski definition) is 6. The summed E-state index contributed by atoms with van der Waals surface area (Å²) in [6.45, 7) is -0.514. The monoisotopic (exact) mass is 650 g/mol. The van der Waals surface area contributed by atoms with Crippen LogP contribution >= 0.6 is 0 Å². The van der Waals surface area contributed by atoms with Gasteiger partial charge in [-0.05, 0) is 54.3 Å². The van der Waals surface area contributed by atoms with E-state index in [1.54, 1.807) is 48.5 Å². The SMILES string of the molecule is COC(=O)Cc1cccc(NC(=O)NCC(=O)N(CCC2CCCCC2)c2ccccc2OCC(=O)N(C)c2c(F)cccc2F)c1. The minimum Gasteiger partial charge on any atom is -0.482 e. The Morgan fingerprint density at radius 3 is 2.32 bits per heavy atom. The van der Waals surface area contributed by atoms with E-state index in [9.17, 15) is 28.0 Å². The molecule has 3 aromatic carbocycles. The second kappa shape index (κ2) is 17.1.